The molecule has 2 aromatic carbocycles. The van der Waals surface area contributed by atoms with Crippen molar-refractivity contribution in [3.8, 4) is 0 Å². The first-order valence-corrected chi connectivity index (χ1v) is 8.21. The SMILES string of the molecule is CC(C)(C)c1ccc(CNC(=S)Nc2ccc(C(N)=O)cc2)cc1. The van der Waals surface area contributed by atoms with E-state index in [2.05, 4.69) is 55.7 Å². The molecule has 0 aromatic heterocycles. The van der Waals surface area contributed by atoms with Gasteiger partial charge in [0.25, 0.3) is 0 Å². The van der Waals surface area contributed by atoms with Gasteiger partial charge in [0.1, 0.15) is 0 Å². The highest BCUT2D eigenvalue weighted by atomic mass is 32.1. The van der Waals surface area contributed by atoms with Gasteiger partial charge in [0, 0.05) is 17.8 Å². The monoisotopic (exact) mass is 341 g/mol. The first-order valence-electron chi connectivity index (χ1n) is 7.80. The van der Waals surface area contributed by atoms with Gasteiger partial charge in [0.05, 0.1) is 0 Å². The molecule has 2 rings (SSSR count). The van der Waals surface area contributed by atoms with Crippen LogP contribution in [0.25, 0.3) is 0 Å². The molecule has 0 spiro atoms. The Morgan fingerprint density at radius 3 is 2.12 bits per heavy atom. The molecule has 0 radical (unpaired) electrons. The van der Waals surface area contributed by atoms with Crippen molar-refractivity contribution in [3.63, 3.8) is 0 Å². The second kappa shape index (κ2) is 7.45. The molecule has 0 bridgehead atoms. The molecule has 0 unspecified atom stereocenters. The molecule has 5 heteroatoms. The topological polar surface area (TPSA) is 67.2 Å². The predicted octanol–water partition coefficient (Wildman–Crippen LogP) is 3.57. The molecule has 0 saturated heterocycles. The summed E-state index contributed by atoms with van der Waals surface area (Å²) < 4.78 is 0. The van der Waals surface area contributed by atoms with Crippen molar-refractivity contribution in [1.29, 1.82) is 0 Å². The minimum Gasteiger partial charge on any atom is -0.366 e. The van der Waals surface area contributed by atoms with Crippen molar-refractivity contribution in [2.75, 3.05) is 5.32 Å². The maximum Gasteiger partial charge on any atom is 0.248 e. The molecule has 0 aliphatic carbocycles. The average Bonchev–Trinajstić information content (AvgIpc) is 2.53. The predicted molar refractivity (Wildman–Crippen MR) is 103 cm³/mol. The van der Waals surface area contributed by atoms with E-state index in [-0.39, 0.29) is 5.41 Å². The molecule has 1 amide bonds. The van der Waals surface area contributed by atoms with Gasteiger partial charge in [-0.1, -0.05) is 45.0 Å². The lowest BCUT2D eigenvalue weighted by atomic mass is 9.87. The molecule has 0 heterocycles. The van der Waals surface area contributed by atoms with Gasteiger partial charge < -0.3 is 16.4 Å². The molecule has 24 heavy (non-hydrogen) atoms. The van der Waals surface area contributed by atoms with Crippen molar-refractivity contribution < 1.29 is 4.79 Å². The Balaban J connectivity index is 1.87. The molecule has 0 saturated carbocycles. The quantitative estimate of drug-likeness (QED) is 0.744. The van der Waals surface area contributed by atoms with Crippen LogP contribution in [0, 0.1) is 0 Å². The first-order chi connectivity index (χ1) is 11.3. The molecule has 2 aromatic rings. The number of primary amides is 1. The molecule has 0 aliphatic heterocycles. The van der Waals surface area contributed by atoms with Crippen LogP contribution in [0.3, 0.4) is 0 Å². The van der Waals surface area contributed by atoms with Crippen LogP contribution in [0.15, 0.2) is 48.5 Å². The van der Waals surface area contributed by atoms with Crippen LogP contribution in [-0.4, -0.2) is 11.0 Å². The van der Waals surface area contributed by atoms with Crippen LogP contribution in [0.1, 0.15) is 42.3 Å². The van der Waals surface area contributed by atoms with Crippen molar-refractivity contribution in [1.82, 2.24) is 5.32 Å². The molecular formula is C19H23N3OS. The summed E-state index contributed by atoms with van der Waals surface area (Å²) in [5.41, 5.74) is 9.12. The molecule has 4 nitrogen and oxygen atoms in total. The van der Waals surface area contributed by atoms with E-state index in [0.29, 0.717) is 17.2 Å². The Morgan fingerprint density at radius 1 is 1.04 bits per heavy atom. The lowest BCUT2D eigenvalue weighted by molar-refractivity contribution is 0.100. The fourth-order valence-corrected chi connectivity index (χ4v) is 2.39. The summed E-state index contributed by atoms with van der Waals surface area (Å²) in [7, 11) is 0. The van der Waals surface area contributed by atoms with Gasteiger partial charge in [0.15, 0.2) is 5.11 Å². The Kier molecular flexibility index (Phi) is 5.57. The molecule has 0 atom stereocenters. The standard InChI is InChI=1S/C19H23N3OS/c1-19(2,3)15-8-4-13(5-9-15)12-21-18(24)22-16-10-6-14(7-11-16)17(20)23/h4-11H,12H2,1-3H3,(H2,20,23)(H2,21,22,24). The number of rotatable bonds is 4. The minimum atomic E-state index is -0.444. The van der Waals surface area contributed by atoms with Crippen LogP contribution >= 0.6 is 12.2 Å². The number of hydrogen-bond acceptors (Lipinski definition) is 2. The summed E-state index contributed by atoms with van der Waals surface area (Å²) in [5.74, 6) is -0.444. The third kappa shape index (κ3) is 5.06. The van der Waals surface area contributed by atoms with Gasteiger partial charge in [0.2, 0.25) is 5.91 Å². The number of carbonyl (C=O) groups is 1. The van der Waals surface area contributed by atoms with Crippen molar-refractivity contribution in [2.24, 2.45) is 5.73 Å². The van der Waals surface area contributed by atoms with Crippen LogP contribution in [-0.2, 0) is 12.0 Å². The Bertz CT molecular complexity index is 716. The summed E-state index contributed by atoms with van der Waals surface area (Å²) >= 11 is 5.29. The smallest absolute Gasteiger partial charge is 0.248 e. The van der Waals surface area contributed by atoms with E-state index >= 15 is 0 Å². The van der Waals surface area contributed by atoms with Crippen LogP contribution < -0.4 is 16.4 Å². The number of amides is 1. The van der Waals surface area contributed by atoms with E-state index in [9.17, 15) is 4.79 Å². The van der Waals surface area contributed by atoms with Gasteiger partial charge in [-0.25, -0.2) is 0 Å². The highest BCUT2D eigenvalue weighted by molar-refractivity contribution is 7.80. The third-order valence-corrected chi connectivity index (χ3v) is 3.95. The zero-order chi connectivity index (χ0) is 17.7. The highest BCUT2D eigenvalue weighted by Gasteiger charge is 2.12. The lowest BCUT2D eigenvalue weighted by Gasteiger charge is -2.19. The van der Waals surface area contributed by atoms with E-state index in [4.69, 9.17) is 18.0 Å². The largest absolute Gasteiger partial charge is 0.366 e. The van der Waals surface area contributed by atoms with Gasteiger partial charge >= 0.3 is 0 Å². The number of nitrogens with two attached hydrogens (primary N) is 1. The molecule has 0 aliphatic rings. The molecule has 0 fully saturated rings. The van der Waals surface area contributed by atoms with E-state index in [1.807, 2.05) is 0 Å². The van der Waals surface area contributed by atoms with E-state index < -0.39 is 5.91 Å². The zero-order valence-electron chi connectivity index (χ0n) is 14.2. The van der Waals surface area contributed by atoms with Crippen molar-refractivity contribution >= 4 is 28.9 Å². The van der Waals surface area contributed by atoms with E-state index in [0.717, 1.165) is 11.3 Å². The normalized spacial score (nSPS) is 11.0. The zero-order valence-corrected chi connectivity index (χ0v) is 15.0. The fourth-order valence-electron chi connectivity index (χ4n) is 2.20. The van der Waals surface area contributed by atoms with Crippen LogP contribution in [0.5, 0.6) is 0 Å². The Labute approximate surface area is 148 Å². The number of hydrogen-bond donors (Lipinski definition) is 3. The molecular weight excluding hydrogens is 318 g/mol. The third-order valence-electron chi connectivity index (χ3n) is 3.70. The summed E-state index contributed by atoms with van der Waals surface area (Å²) in [4.78, 5) is 11.0. The molecule has 126 valence electrons. The lowest BCUT2D eigenvalue weighted by Crippen LogP contribution is -2.28. The summed E-state index contributed by atoms with van der Waals surface area (Å²) in [6, 6.07) is 15.4. The van der Waals surface area contributed by atoms with Crippen molar-refractivity contribution in [3.05, 3.63) is 65.2 Å². The van der Waals surface area contributed by atoms with Crippen LogP contribution in [0.4, 0.5) is 5.69 Å². The maximum atomic E-state index is 11.0. The summed E-state index contributed by atoms with van der Waals surface area (Å²) in [5, 5.41) is 6.78. The van der Waals surface area contributed by atoms with E-state index in [1.54, 1.807) is 24.3 Å². The second-order valence-corrected chi connectivity index (χ2v) is 7.10. The number of nitrogens with one attached hydrogen (secondary N) is 2. The first kappa shape index (κ1) is 17.9. The number of benzene rings is 2. The number of thiocarbonyl (C=S) groups is 1. The summed E-state index contributed by atoms with van der Waals surface area (Å²) in [6.45, 7) is 7.24. The van der Waals surface area contributed by atoms with Gasteiger partial charge in [-0.05, 0) is 53.0 Å². The maximum absolute atomic E-state index is 11.0. The minimum absolute atomic E-state index is 0.153. The average molecular weight is 341 g/mol. The molecule has 4 N–H and O–H groups in total. The summed E-state index contributed by atoms with van der Waals surface area (Å²) in [6.07, 6.45) is 0. The Morgan fingerprint density at radius 2 is 1.62 bits per heavy atom. The Hall–Kier alpha value is -2.40. The van der Waals surface area contributed by atoms with Gasteiger partial charge in [-0.2, -0.15) is 0 Å². The van der Waals surface area contributed by atoms with Crippen molar-refractivity contribution in [2.45, 2.75) is 32.7 Å². The number of carbonyl (C=O) groups excluding carboxylic acids is 1. The van der Waals surface area contributed by atoms with E-state index in [1.165, 1.54) is 5.56 Å². The van der Waals surface area contributed by atoms with Gasteiger partial charge in [-0.3, -0.25) is 4.79 Å². The highest BCUT2D eigenvalue weighted by Crippen LogP contribution is 2.22. The van der Waals surface area contributed by atoms with Gasteiger partial charge in [-0.15, -0.1) is 0 Å². The van der Waals surface area contributed by atoms with Crippen LogP contribution in [0.2, 0.25) is 0 Å². The fraction of sp³-hybridized carbons (Fsp3) is 0.263. The number of anilines is 1. The second-order valence-electron chi connectivity index (χ2n) is 6.70.